The van der Waals surface area contributed by atoms with Gasteiger partial charge < -0.3 is 9.30 Å². The van der Waals surface area contributed by atoms with E-state index in [9.17, 15) is 0 Å². The first-order chi connectivity index (χ1) is 25.2. The van der Waals surface area contributed by atoms with Crippen molar-refractivity contribution in [2.45, 2.75) is 52.4 Å². The summed E-state index contributed by atoms with van der Waals surface area (Å²) >= 11 is 0. The third-order valence-electron chi connectivity index (χ3n) is 8.76. The first-order valence-corrected chi connectivity index (χ1v) is 16.3. The number of hydrogen-bond donors (Lipinski definition) is 0. The second-order valence-corrected chi connectivity index (χ2v) is 14.2. The predicted octanol–water partition coefficient (Wildman–Crippen LogP) is 10.4. The van der Waals surface area contributed by atoms with E-state index in [-0.39, 0.29) is 61.8 Å². The zero-order chi connectivity index (χ0) is 37.4. The molecule has 8 rings (SSSR count). The fourth-order valence-electron chi connectivity index (χ4n) is 6.29. The number of hydrogen-bond acceptors (Lipinski definition) is 3. The standard InChI is InChI=1S/C43H37N5O.Pt/c1-42(2,3)29-20-23-45-41(24-29)48-39-26-32(18-19-33(39)34-21-22-44-27-40(34)48)49-31-13-11-12-30(25-31)46-28-47(38-17-10-9-16-37(38)46)36-15-8-7-14-35(36)43(4,5)6;/h7-24,27H,1-6H3;/q;+2/i9D,10D,16D,17D;. The Morgan fingerprint density at radius 2 is 1.52 bits per heavy atom. The molecule has 50 heavy (non-hydrogen) atoms. The van der Waals surface area contributed by atoms with Gasteiger partial charge in [-0.2, -0.15) is 12.1 Å². The van der Waals surface area contributed by atoms with Gasteiger partial charge in [-0.1, -0.05) is 94.1 Å². The number of rotatable bonds is 5. The van der Waals surface area contributed by atoms with Gasteiger partial charge in [-0.05, 0) is 44.6 Å². The van der Waals surface area contributed by atoms with Crippen LogP contribution in [0.1, 0.15) is 58.2 Å². The maximum Gasteiger partial charge on any atom is 2.00 e. The Balaban J connectivity index is 0.00000450. The second-order valence-electron chi connectivity index (χ2n) is 14.2. The molecule has 6 nitrogen and oxygen atoms in total. The summed E-state index contributed by atoms with van der Waals surface area (Å²) < 4.78 is 46.8. The summed E-state index contributed by atoms with van der Waals surface area (Å²) in [7, 11) is 0. The van der Waals surface area contributed by atoms with E-state index in [1.807, 2.05) is 73.1 Å². The Hall–Kier alpha value is -5.15. The van der Waals surface area contributed by atoms with E-state index >= 15 is 0 Å². The van der Waals surface area contributed by atoms with Crippen molar-refractivity contribution in [2.24, 2.45) is 0 Å². The summed E-state index contributed by atoms with van der Waals surface area (Å²) in [4.78, 5) is 9.18. The summed E-state index contributed by atoms with van der Waals surface area (Å²) in [5, 5.41) is 2.01. The number of benzene rings is 4. The smallest absolute Gasteiger partial charge is 0.509 e. The maximum absolute atomic E-state index is 8.96. The first-order valence-electron chi connectivity index (χ1n) is 18.3. The molecule has 0 fully saturated rings. The molecule has 0 N–H and O–H groups in total. The number of aromatic nitrogens is 3. The topological polar surface area (TPSA) is 46.0 Å². The summed E-state index contributed by atoms with van der Waals surface area (Å²) in [5.41, 5.74) is 5.41. The Morgan fingerprint density at radius 1 is 0.760 bits per heavy atom. The minimum absolute atomic E-state index is 0. The number of pyridine rings is 2. The van der Waals surface area contributed by atoms with Crippen LogP contribution in [-0.2, 0) is 31.9 Å². The van der Waals surface area contributed by atoms with Gasteiger partial charge in [0, 0.05) is 47.6 Å². The molecule has 1 aliphatic rings. The van der Waals surface area contributed by atoms with Crippen molar-refractivity contribution in [1.82, 2.24) is 23.7 Å². The zero-order valence-electron chi connectivity index (χ0n) is 32.6. The summed E-state index contributed by atoms with van der Waals surface area (Å²) in [6.07, 6.45) is 5.45. The number of fused-ring (bicyclic) bond motifs is 4. The minimum Gasteiger partial charge on any atom is -0.509 e. The average Bonchev–Trinajstić information content (AvgIpc) is 3.69. The van der Waals surface area contributed by atoms with Crippen molar-refractivity contribution in [3.05, 3.63) is 139 Å². The van der Waals surface area contributed by atoms with Gasteiger partial charge in [0.25, 0.3) is 11.4 Å². The normalized spacial score (nSPS) is 13.9. The Kier molecular flexibility index (Phi) is 7.24. The van der Waals surface area contributed by atoms with Gasteiger partial charge in [0.15, 0.2) is 0 Å². The molecule has 0 atom stereocenters. The summed E-state index contributed by atoms with van der Waals surface area (Å²) in [6.45, 7) is 12.9. The SMILES string of the molecule is [2H]c1c([2H])c([2H])c2c(c1[2H])[N+](c1[c-]c(Oc3[c-]c4c(cc3)c3ccncc3n4-c3cc(C(C)(C)C)ccn3)ccc1)=C=[N+]2c1ccccc1C(C)(C)C.[Pt+2]. The monoisotopic (exact) mass is 838 g/mol. The number of nitrogens with zero attached hydrogens (tertiary/aromatic N) is 5. The molecular formula is C43H37N5OPt+2. The van der Waals surface area contributed by atoms with E-state index in [4.69, 9.17) is 15.2 Å². The number of ether oxygens (including phenoxy) is 1. The Morgan fingerprint density at radius 3 is 2.30 bits per heavy atom. The van der Waals surface area contributed by atoms with Crippen LogP contribution < -0.4 is 13.9 Å². The van der Waals surface area contributed by atoms with Crippen LogP contribution in [0, 0.1) is 12.1 Å². The molecule has 4 aromatic carbocycles. The molecule has 0 spiro atoms. The van der Waals surface area contributed by atoms with Crippen molar-refractivity contribution in [1.29, 1.82) is 0 Å². The van der Waals surface area contributed by atoms with Crippen LogP contribution in [0.3, 0.4) is 0 Å². The quantitative estimate of drug-likeness (QED) is 0.128. The van der Waals surface area contributed by atoms with E-state index in [0.29, 0.717) is 22.9 Å². The van der Waals surface area contributed by atoms with Gasteiger partial charge in [-0.3, -0.25) is 4.98 Å². The Labute approximate surface area is 312 Å². The molecule has 0 radical (unpaired) electrons. The Bertz CT molecular complexity index is 2720. The van der Waals surface area contributed by atoms with Crippen molar-refractivity contribution >= 4 is 50.6 Å². The van der Waals surface area contributed by atoms with E-state index in [2.05, 4.69) is 75.3 Å². The van der Waals surface area contributed by atoms with E-state index in [1.54, 1.807) is 21.4 Å². The molecule has 0 saturated heterocycles. The van der Waals surface area contributed by atoms with Crippen molar-refractivity contribution in [3.63, 3.8) is 0 Å². The fourth-order valence-corrected chi connectivity index (χ4v) is 6.29. The van der Waals surface area contributed by atoms with Crippen LogP contribution in [0.25, 0.3) is 27.6 Å². The van der Waals surface area contributed by atoms with Crippen LogP contribution in [0.4, 0.5) is 22.7 Å². The largest absolute Gasteiger partial charge is 2.00 e. The molecule has 1 aliphatic heterocycles. The molecule has 0 saturated carbocycles. The third-order valence-corrected chi connectivity index (χ3v) is 8.76. The maximum atomic E-state index is 8.96. The molecule has 0 amide bonds. The molecule has 7 aromatic rings. The molecule has 0 bridgehead atoms. The first kappa shape index (κ1) is 28.7. The van der Waals surface area contributed by atoms with Crippen LogP contribution >= 0.6 is 0 Å². The van der Waals surface area contributed by atoms with E-state index in [0.717, 1.165) is 44.4 Å². The van der Waals surface area contributed by atoms with Crippen LogP contribution in [0.2, 0.25) is 0 Å². The summed E-state index contributed by atoms with van der Waals surface area (Å²) in [6, 6.07) is 32.5. The minimum atomic E-state index is -0.324. The van der Waals surface area contributed by atoms with Crippen LogP contribution in [0.15, 0.2) is 116 Å². The van der Waals surface area contributed by atoms with Gasteiger partial charge >= 0.3 is 27.1 Å². The van der Waals surface area contributed by atoms with Crippen LogP contribution in [0.5, 0.6) is 11.5 Å². The van der Waals surface area contributed by atoms with Crippen LogP contribution in [-0.4, -0.2) is 20.5 Å². The van der Waals surface area contributed by atoms with Crippen molar-refractivity contribution < 1.29 is 31.3 Å². The zero-order valence-corrected chi connectivity index (χ0v) is 30.9. The van der Waals surface area contributed by atoms with Gasteiger partial charge in [0.2, 0.25) is 5.69 Å². The van der Waals surface area contributed by atoms with E-state index < -0.39 is 0 Å². The molecule has 3 aromatic heterocycles. The molecule has 0 aliphatic carbocycles. The number of para-hydroxylation sites is 3. The molecular weight excluding hydrogens is 798 g/mol. The van der Waals surface area contributed by atoms with Crippen molar-refractivity contribution in [2.75, 3.05) is 0 Å². The molecule has 4 heterocycles. The van der Waals surface area contributed by atoms with Gasteiger partial charge in [0.05, 0.1) is 17.2 Å². The summed E-state index contributed by atoms with van der Waals surface area (Å²) in [5.74, 6) is 1.62. The fraction of sp³-hybridized carbons (Fsp3) is 0.186. The van der Waals surface area contributed by atoms with Gasteiger partial charge in [0.1, 0.15) is 11.5 Å². The van der Waals surface area contributed by atoms with Gasteiger partial charge in [-0.15, -0.1) is 23.6 Å². The predicted molar refractivity (Wildman–Crippen MR) is 199 cm³/mol. The van der Waals surface area contributed by atoms with Gasteiger partial charge in [-0.25, -0.2) is 4.98 Å². The van der Waals surface area contributed by atoms with E-state index in [1.165, 1.54) is 0 Å². The second kappa shape index (κ2) is 12.6. The molecule has 0 unspecified atom stereocenters. The molecule has 248 valence electrons. The average molecular weight is 839 g/mol. The molecule has 7 heteroatoms. The third kappa shape index (κ3) is 5.89. The van der Waals surface area contributed by atoms with Crippen molar-refractivity contribution in [3.8, 4) is 17.3 Å².